The van der Waals surface area contributed by atoms with Crippen LogP contribution >= 0.6 is 0 Å². The Balaban J connectivity index is 2.40. The summed E-state index contributed by atoms with van der Waals surface area (Å²) >= 11 is 0. The van der Waals surface area contributed by atoms with Crippen molar-refractivity contribution >= 4 is 23.4 Å². The van der Waals surface area contributed by atoms with E-state index in [0.29, 0.717) is 12.1 Å². The van der Waals surface area contributed by atoms with Gasteiger partial charge in [-0.2, -0.15) is 0 Å². The monoisotopic (exact) mass is 214 g/mol. The van der Waals surface area contributed by atoms with Gasteiger partial charge in [-0.25, -0.2) is 0 Å². The van der Waals surface area contributed by atoms with E-state index in [1.165, 1.54) is 5.56 Å². The number of hydrogen-bond acceptors (Lipinski definition) is 3. The lowest BCUT2D eigenvalue weighted by atomic mass is 9.76. The van der Waals surface area contributed by atoms with Crippen LogP contribution in [0.5, 0.6) is 5.75 Å². The Morgan fingerprint density at radius 1 is 1.12 bits per heavy atom. The minimum atomic E-state index is -1.44. The molecule has 3 rings (SSSR count). The molecule has 0 aromatic heterocycles. The highest BCUT2D eigenvalue weighted by Gasteiger charge is 2.20. The summed E-state index contributed by atoms with van der Waals surface area (Å²) < 4.78 is 5.57. The van der Waals surface area contributed by atoms with Gasteiger partial charge in [0.1, 0.15) is 5.75 Å². The third-order valence-corrected chi connectivity index (χ3v) is 3.03. The lowest BCUT2D eigenvalue weighted by Gasteiger charge is -2.19. The summed E-state index contributed by atoms with van der Waals surface area (Å²) in [5.41, 5.74) is 1.74. The van der Waals surface area contributed by atoms with Gasteiger partial charge in [0.15, 0.2) is 0 Å². The van der Waals surface area contributed by atoms with Gasteiger partial charge < -0.3 is 14.8 Å². The van der Waals surface area contributed by atoms with Gasteiger partial charge >= 0.3 is 7.12 Å². The van der Waals surface area contributed by atoms with Gasteiger partial charge in [-0.15, -0.1) is 0 Å². The molecule has 3 nitrogen and oxygen atoms in total. The molecular weight excluding hydrogens is 203 g/mol. The summed E-state index contributed by atoms with van der Waals surface area (Å²) in [6.45, 7) is 0.688. The van der Waals surface area contributed by atoms with Gasteiger partial charge in [0, 0.05) is 11.8 Å². The van der Waals surface area contributed by atoms with Crippen molar-refractivity contribution in [2.24, 2.45) is 0 Å². The van der Waals surface area contributed by atoms with Gasteiger partial charge in [0.25, 0.3) is 0 Å². The maximum Gasteiger partial charge on any atom is 0.489 e. The first-order valence-electron chi connectivity index (χ1n) is 5.31. The topological polar surface area (TPSA) is 49.7 Å². The largest absolute Gasteiger partial charge is 0.493 e. The Morgan fingerprint density at radius 3 is 2.81 bits per heavy atom. The van der Waals surface area contributed by atoms with Gasteiger partial charge in [-0.3, -0.25) is 0 Å². The van der Waals surface area contributed by atoms with Gasteiger partial charge in [0.2, 0.25) is 0 Å². The van der Waals surface area contributed by atoms with E-state index in [1.807, 2.05) is 12.1 Å². The maximum atomic E-state index is 9.31. The van der Waals surface area contributed by atoms with Crippen molar-refractivity contribution in [3.63, 3.8) is 0 Å². The van der Waals surface area contributed by atoms with Crippen molar-refractivity contribution in [2.45, 2.75) is 6.42 Å². The van der Waals surface area contributed by atoms with Crippen LogP contribution in [0.1, 0.15) is 5.56 Å². The fourth-order valence-electron chi connectivity index (χ4n) is 2.29. The summed E-state index contributed by atoms with van der Waals surface area (Å²) in [5, 5.41) is 20.5. The molecule has 1 heterocycles. The van der Waals surface area contributed by atoms with Crippen LogP contribution in [0.3, 0.4) is 0 Å². The number of rotatable bonds is 1. The summed E-state index contributed by atoms with van der Waals surface area (Å²) in [4.78, 5) is 0. The fourth-order valence-corrected chi connectivity index (χ4v) is 2.29. The molecule has 1 aliphatic rings. The Labute approximate surface area is 93.4 Å². The molecule has 0 radical (unpaired) electrons. The minimum Gasteiger partial charge on any atom is -0.493 e. The van der Waals surface area contributed by atoms with Gasteiger partial charge in [-0.05, 0) is 22.5 Å². The standard InChI is InChI=1S/C12H11BO3/c14-13(15)10-4-5-11-12-8(6-7-16-11)2-1-3-9(10)12/h1-5,14-15H,6-7H2. The van der Waals surface area contributed by atoms with Crippen molar-refractivity contribution in [3.8, 4) is 5.75 Å². The first kappa shape index (κ1) is 9.69. The molecule has 0 saturated heterocycles. The fraction of sp³-hybridized carbons (Fsp3) is 0.167. The average Bonchev–Trinajstić information content (AvgIpc) is 2.30. The number of ether oxygens (including phenoxy) is 1. The predicted molar refractivity (Wildman–Crippen MR) is 63.0 cm³/mol. The Morgan fingerprint density at radius 2 is 2.00 bits per heavy atom. The molecule has 80 valence electrons. The van der Waals surface area contributed by atoms with Crippen LogP contribution in [0.4, 0.5) is 0 Å². The summed E-state index contributed by atoms with van der Waals surface area (Å²) in [7, 11) is -1.44. The highest BCUT2D eigenvalue weighted by molar-refractivity contribution is 6.62. The van der Waals surface area contributed by atoms with Crippen LogP contribution < -0.4 is 10.2 Å². The molecule has 0 fully saturated rings. The van der Waals surface area contributed by atoms with Crippen molar-refractivity contribution in [1.29, 1.82) is 0 Å². The highest BCUT2D eigenvalue weighted by atomic mass is 16.5. The molecule has 0 bridgehead atoms. The molecule has 0 saturated carbocycles. The van der Waals surface area contributed by atoms with Crippen LogP contribution in [0.2, 0.25) is 0 Å². The molecule has 0 atom stereocenters. The van der Waals surface area contributed by atoms with E-state index in [0.717, 1.165) is 22.9 Å². The van der Waals surface area contributed by atoms with Crippen molar-refractivity contribution in [3.05, 3.63) is 35.9 Å². The second kappa shape index (κ2) is 3.51. The second-order valence-electron chi connectivity index (χ2n) is 3.96. The van der Waals surface area contributed by atoms with Crippen LogP contribution in [0.25, 0.3) is 10.8 Å². The van der Waals surface area contributed by atoms with Crippen LogP contribution in [0, 0.1) is 0 Å². The van der Waals surface area contributed by atoms with Crippen LogP contribution in [-0.2, 0) is 6.42 Å². The normalized spacial score (nSPS) is 13.6. The molecule has 0 spiro atoms. The lowest BCUT2D eigenvalue weighted by molar-refractivity contribution is 0.318. The molecule has 0 unspecified atom stereocenters. The van der Waals surface area contributed by atoms with Crippen molar-refractivity contribution < 1.29 is 14.8 Å². The lowest BCUT2D eigenvalue weighted by Crippen LogP contribution is -2.31. The smallest absolute Gasteiger partial charge is 0.489 e. The maximum absolute atomic E-state index is 9.31. The second-order valence-corrected chi connectivity index (χ2v) is 3.96. The van der Waals surface area contributed by atoms with Crippen molar-refractivity contribution in [2.75, 3.05) is 6.61 Å². The molecule has 2 aromatic carbocycles. The molecule has 16 heavy (non-hydrogen) atoms. The SMILES string of the molecule is OB(O)c1ccc2c3c(cccc13)CCO2. The quantitative estimate of drug-likeness (QED) is 0.677. The zero-order valence-corrected chi connectivity index (χ0v) is 8.68. The van der Waals surface area contributed by atoms with Crippen LogP contribution in [0.15, 0.2) is 30.3 Å². The third kappa shape index (κ3) is 1.31. The Bertz CT molecular complexity index is 541. The minimum absolute atomic E-state index is 0.533. The zero-order valence-electron chi connectivity index (χ0n) is 8.68. The van der Waals surface area contributed by atoms with E-state index in [-0.39, 0.29) is 0 Å². The number of hydrogen-bond donors (Lipinski definition) is 2. The average molecular weight is 214 g/mol. The predicted octanol–water partition coefficient (Wildman–Crippen LogP) is 0.454. The van der Waals surface area contributed by atoms with E-state index in [4.69, 9.17) is 4.74 Å². The van der Waals surface area contributed by atoms with E-state index in [2.05, 4.69) is 6.07 Å². The molecule has 1 aliphatic heterocycles. The summed E-state index contributed by atoms with van der Waals surface area (Å²) in [6.07, 6.45) is 0.870. The molecule has 2 N–H and O–H groups in total. The zero-order chi connectivity index (χ0) is 11.1. The van der Waals surface area contributed by atoms with Crippen molar-refractivity contribution in [1.82, 2.24) is 0 Å². The third-order valence-electron chi connectivity index (χ3n) is 3.03. The Kier molecular flexibility index (Phi) is 2.12. The molecule has 0 amide bonds. The highest BCUT2D eigenvalue weighted by Crippen LogP contribution is 2.31. The molecule has 0 aliphatic carbocycles. The molecule has 4 heteroatoms. The first-order chi connectivity index (χ1) is 7.77. The van der Waals surface area contributed by atoms with Crippen LogP contribution in [-0.4, -0.2) is 23.8 Å². The number of benzene rings is 2. The Hall–Kier alpha value is -1.52. The van der Waals surface area contributed by atoms with E-state index < -0.39 is 7.12 Å². The van der Waals surface area contributed by atoms with Gasteiger partial charge in [0.05, 0.1) is 6.61 Å². The van der Waals surface area contributed by atoms with Gasteiger partial charge in [-0.1, -0.05) is 24.3 Å². The summed E-state index contributed by atoms with van der Waals surface area (Å²) in [6, 6.07) is 9.41. The first-order valence-corrected chi connectivity index (χ1v) is 5.31. The molecular formula is C12H11BO3. The van der Waals surface area contributed by atoms with E-state index >= 15 is 0 Å². The van der Waals surface area contributed by atoms with E-state index in [9.17, 15) is 10.0 Å². The molecule has 2 aromatic rings. The summed E-state index contributed by atoms with van der Waals surface area (Å²) in [5.74, 6) is 0.834. The van der Waals surface area contributed by atoms with E-state index in [1.54, 1.807) is 12.1 Å².